The van der Waals surface area contributed by atoms with E-state index in [1.54, 1.807) is 30.3 Å². The Bertz CT molecular complexity index is 1420. The summed E-state index contributed by atoms with van der Waals surface area (Å²) < 4.78 is 39.6. The first-order chi connectivity index (χ1) is 18.1. The number of nitriles is 1. The predicted octanol–water partition coefficient (Wildman–Crippen LogP) is 6.96. The fourth-order valence-corrected chi connectivity index (χ4v) is 4.14. The topological polar surface area (TPSA) is 85.2 Å². The average Bonchev–Trinajstić information content (AvgIpc) is 2.86. The van der Waals surface area contributed by atoms with Gasteiger partial charge < -0.3 is 15.7 Å². The molecule has 1 fully saturated rings. The van der Waals surface area contributed by atoms with E-state index in [-0.39, 0.29) is 16.9 Å². The van der Waals surface area contributed by atoms with Crippen LogP contribution in [-0.2, 0) is 4.79 Å². The number of anilines is 2. The zero-order valence-corrected chi connectivity index (χ0v) is 20.4. The van der Waals surface area contributed by atoms with E-state index in [1.807, 2.05) is 24.3 Å². The Morgan fingerprint density at radius 2 is 1.63 bits per heavy atom. The number of carbonyl (C=O) groups excluding carboxylic acids is 1. The predicted molar refractivity (Wildman–Crippen MR) is 140 cm³/mol. The molecule has 1 aliphatic rings. The molecule has 0 heterocycles. The maximum atomic E-state index is 13.2. The van der Waals surface area contributed by atoms with Gasteiger partial charge in [0.05, 0.1) is 17.2 Å². The molecule has 194 valence electrons. The van der Waals surface area contributed by atoms with Crippen molar-refractivity contribution in [3.8, 4) is 6.07 Å². The Morgan fingerprint density at radius 3 is 2.26 bits per heavy atom. The van der Waals surface area contributed by atoms with Crippen LogP contribution in [0.25, 0.3) is 0 Å². The highest BCUT2D eigenvalue weighted by atomic mass is 19.4. The summed E-state index contributed by atoms with van der Waals surface area (Å²) in [6.07, 6.45) is -1.61. The highest BCUT2D eigenvalue weighted by Crippen LogP contribution is 2.37. The first-order valence-corrected chi connectivity index (χ1v) is 12.1. The number of carbonyl (C=O) groups is 1. The lowest BCUT2D eigenvalue weighted by Crippen LogP contribution is -2.21. The van der Waals surface area contributed by atoms with Crippen LogP contribution in [-0.4, -0.2) is 17.2 Å². The van der Waals surface area contributed by atoms with Gasteiger partial charge >= 0.3 is 6.18 Å². The molecular formula is C30H26F3N3O2. The zero-order chi connectivity index (χ0) is 27.3. The molecular weight excluding hydrogens is 491 g/mol. The Labute approximate surface area is 218 Å². The number of hydrogen-bond donors (Lipinski definition) is 3. The van der Waals surface area contributed by atoms with Gasteiger partial charge in [0.15, 0.2) is 0 Å². The fourth-order valence-electron chi connectivity index (χ4n) is 4.14. The number of hydrogen-bond acceptors (Lipinski definition) is 4. The summed E-state index contributed by atoms with van der Waals surface area (Å²) in [5, 5.41) is 25.4. The molecule has 1 aliphatic carbocycles. The van der Waals surface area contributed by atoms with E-state index in [0.717, 1.165) is 18.4 Å². The third kappa shape index (κ3) is 6.50. The third-order valence-corrected chi connectivity index (χ3v) is 6.46. The van der Waals surface area contributed by atoms with Crippen molar-refractivity contribution in [1.82, 2.24) is 0 Å². The molecule has 0 radical (unpaired) electrons. The second kappa shape index (κ2) is 11.4. The van der Waals surface area contributed by atoms with Crippen LogP contribution in [0.2, 0.25) is 0 Å². The number of nitrogens with zero attached hydrogens (tertiary/aromatic N) is 1. The Hall–Kier alpha value is -4.35. The van der Waals surface area contributed by atoms with Gasteiger partial charge in [-0.2, -0.15) is 18.4 Å². The van der Waals surface area contributed by atoms with E-state index < -0.39 is 29.5 Å². The number of aliphatic hydroxyl groups is 1. The summed E-state index contributed by atoms with van der Waals surface area (Å²) >= 11 is 0. The molecule has 0 bridgehead atoms. The molecule has 1 atom stereocenters. The molecule has 4 rings (SSSR count). The monoisotopic (exact) mass is 517 g/mol. The molecule has 1 unspecified atom stereocenters. The molecule has 1 amide bonds. The third-order valence-electron chi connectivity index (χ3n) is 6.46. The van der Waals surface area contributed by atoms with Gasteiger partial charge in [-0.15, -0.1) is 0 Å². The quantitative estimate of drug-likeness (QED) is 0.223. The van der Waals surface area contributed by atoms with Gasteiger partial charge in [-0.1, -0.05) is 55.5 Å². The van der Waals surface area contributed by atoms with Gasteiger partial charge in [-0.25, -0.2) is 0 Å². The number of amides is 1. The number of halogens is 3. The molecule has 0 aromatic heterocycles. The van der Waals surface area contributed by atoms with Gasteiger partial charge in [0.1, 0.15) is 11.8 Å². The largest absolute Gasteiger partial charge is 0.415 e. The van der Waals surface area contributed by atoms with Crippen molar-refractivity contribution in [3.05, 3.63) is 119 Å². The highest BCUT2D eigenvalue weighted by molar-refractivity contribution is 6.06. The summed E-state index contributed by atoms with van der Waals surface area (Å²) in [6.45, 7) is 3.02. The lowest BCUT2D eigenvalue weighted by molar-refractivity contribution is -0.112. The molecule has 0 spiro atoms. The van der Waals surface area contributed by atoms with Crippen LogP contribution in [0.3, 0.4) is 0 Å². The lowest BCUT2D eigenvalue weighted by Gasteiger charge is -2.26. The van der Waals surface area contributed by atoms with Crippen LogP contribution in [0.4, 0.5) is 24.5 Å². The van der Waals surface area contributed by atoms with Gasteiger partial charge in [0.2, 0.25) is 0 Å². The second-order valence-corrected chi connectivity index (χ2v) is 9.18. The summed E-state index contributed by atoms with van der Waals surface area (Å²) in [7, 11) is 0. The van der Waals surface area contributed by atoms with Crippen molar-refractivity contribution in [1.29, 1.82) is 5.26 Å². The number of allylic oxidation sites excluding steroid dienone is 2. The van der Waals surface area contributed by atoms with Crippen LogP contribution in [0.5, 0.6) is 0 Å². The van der Waals surface area contributed by atoms with Crippen LogP contribution in [0, 0.1) is 11.3 Å². The van der Waals surface area contributed by atoms with Gasteiger partial charge in [0, 0.05) is 11.4 Å². The smallest absolute Gasteiger partial charge is 0.384 e. The Morgan fingerprint density at radius 1 is 1.00 bits per heavy atom. The Kier molecular flexibility index (Phi) is 7.99. The number of rotatable bonds is 8. The summed E-state index contributed by atoms with van der Waals surface area (Å²) in [6, 6.07) is 22.2. The van der Waals surface area contributed by atoms with Crippen LogP contribution >= 0.6 is 0 Å². The maximum absolute atomic E-state index is 13.2. The number of nitrogens with one attached hydrogen (secondary N) is 2. The number of aliphatic hydroxyl groups excluding tert-OH is 1. The lowest BCUT2D eigenvalue weighted by atomic mass is 9.79. The van der Waals surface area contributed by atoms with E-state index in [2.05, 4.69) is 23.3 Å². The SMILES string of the molecule is C=C(/C=C(\Nc1cccc(C#N)c1)C(=O)Nc1cccc(C(O)c2cccc(C3CCC3)c2)c1)C(F)(F)F. The molecule has 0 aliphatic heterocycles. The van der Waals surface area contributed by atoms with Gasteiger partial charge in [0.25, 0.3) is 5.91 Å². The van der Waals surface area contributed by atoms with E-state index in [9.17, 15) is 23.1 Å². The minimum atomic E-state index is -4.74. The van der Waals surface area contributed by atoms with Crippen LogP contribution in [0.1, 0.15) is 53.5 Å². The minimum Gasteiger partial charge on any atom is -0.384 e. The van der Waals surface area contributed by atoms with Gasteiger partial charge in [-0.05, 0) is 71.9 Å². The molecule has 8 heteroatoms. The first kappa shape index (κ1) is 26.7. The zero-order valence-electron chi connectivity index (χ0n) is 20.4. The average molecular weight is 518 g/mol. The standard InChI is InChI=1S/C30H26F3N3O2/c1-19(30(31,32)33)14-27(35-25-12-2-6-20(15-25)18-34)29(38)36-26-13-5-11-24(17-26)28(37)23-10-4-9-22(16-23)21-7-3-8-21/h2,4-6,9-17,21,28,35,37H,1,3,7-8H2,(H,36,38)/b27-14-. The molecule has 38 heavy (non-hydrogen) atoms. The molecule has 0 saturated heterocycles. The van der Waals surface area contributed by atoms with Crippen molar-refractivity contribution in [2.45, 2.75) is 37.5 Å². The molecule has 3 aromatic rings. The van der Waals surface area contributed by atoms with E-state index in [4.69, 9.17) is 5.26 Å². The van der Waals surface area contributed by atoms with Crippen LogP contribution < -0.4 is 10.6 Å². The molecule has 5 nitrogen and oxygen atoms in total. The normalized spacial score (nSPS) is 14.7. The fraction of sp³-hybridized carbons (Fsp3) is 0.200. The van der Waals surface area contributed by atoms with Crippen LogP contribution in [0.15, 0.2) is 96.7 Å². The highest BCUT2D eigenvalue weighted by Gasteiger charge is 2.31. The molecule has 3 aromatic carbocycles. The van der Waals surface area contributed by atoms with Crippen molar-refractivity contribution in [2.24, 2.45) is 0 Å². The minimum absolute atomic E-state index is 0.260. The van der Waals surface area contributed by atoms with Crippen molar-refractivity contribution < 1.29 is 23.1 Å². The summed E-state index contributed by atoms with van der Waals surface area (Å²) in [5.74, 6) is -0.345. The Balaban J connectivity index is 1.56. The first-order valence-electron chi connectivity index (χ1n) is 12.1. The van der Waals surface area contributed by atoms with E-state index in [0.29, 0.717) is 17.6 Å². The van der Waals surface area contributed by atoms with Gasteiger partial charge in [-0.3, -0.25) is 4.79 Å². The number of alkyl halides is 3. The summed E-state index contributed by atoms with van der Waals surface area (Å²) in [4.78, 5) is 13.1. The van der Waals surface area contributed by atoms with Crippen molar-refractivity contribution in [2.75, 3.05) is 10.6 Å². The van der Waals surface area contributed by atoms with E-state index in [1.165, 1.54) is 30.2 Å². The summed E-state index contributed by atoms with van der Waals surface area (Å²) in [5.41, 5.74) is 1.61. The number of benzene rings is 3. The van der Waals surface area contributed by atoms with E-state index >= 15 is 0 Å². The second-order valence-electron chi connectivity index (χ2n) is 9.18. The maximum Gasteiger partial charge on any atom is 0.415 e. The molecule has 3 N–H and O–H groups in total. The van der Waals surface area contributed by atoms with Crippen molar-refractivity contribution in [3.63, 3.8) is 0 Å². The molecule has 1 saturated carbocycles. The van der Waals surface area contributed by atoms with Crippen molar-refractivity contribution >= 4 is 17.3 Å².